The molecule has 0 amide bonds. The van der Waals surface area contributed by atoms with Gasteiger partial charge in [-0.15, -0.1) is 10.2 Å². The number of aromatic nitrogens is 3. The zero-order valence-electron chi connectivity index (χ0n) is 12.9. The Morgan fingerprint density at radius 3 is 2.81 bits per heavy atom. The maximum absolute atomic E-state index is 4.48. The molecule has 4 rings (SSSR count). The molecule has 5 nitrogen and oxygen atoms in total. The number of nitrogens with zero attached hydrogens (tertiary/aromatic N) is 4. The maximum atomic E-state index is 4.48. The largest absolute Gasteiger partial charge is 0.314 e. The second-order valence-corrected chi connectivity index (χ2v) is 6.94. The average molecular weight is 289 g/mol. The Labute approximate surface area is 127 Å². The van der Waals surface area contributed by atoms with Gasteiger partial charge in [0.15, 0.2) is 0 Å². The molecule has 0 radical (unpaired) electrons. The third-order valence-electron chi connectivity index (χ3n) is 5.25. The van der Waals surface area contributed by atoms with Gasteiger partial charge in [0, 0.05) is 31.6 Å². The lowest BCUT2D eigenvalue weighted by Crippen LogP contribution is -2.45. The third-order valence-corrected chi connectivity index (χ3v) is 5.25. The van der Waals surface area contributed by atoms with Crippen LogP contribution in [0.4, 0.5) is 0 Å². The van der Waals surface area contributed by atoms with Gasteiger partial charge in [0.1, 0.15) is 11.6 Å². The molecule has 0 spiro atoms. The van der Waals surface area contributed by atoms with Crippen LogP contribution in [0.1, 0.15) is 56.6 Å². The average Bonchev–Trinajstić information content (AvgIpc) is 3.27. The van der Waals surface area contributed by atoms with Gasteiger partial charge in [0.25, 0.3) is 0 Å². The molecule has 1 saturated carbocycles. The Hall–Kier alpha value is -0.940. The zero-order chi connectivity index (χ0) is 14.1. The van der Waals surface area contributed by atoms with Crippen LogP contribution < -0.4 is 5.32 Å². The Bertz CT molecular complexity index is 479. The molecule has 1 aromatic heterocycles. The molecule has 21 heavy (non-hydrogen) atoms. The number of aryl methyl sites for hydroxylation is 1. The quantitative estimate of drug-likeness (QED) is 0.896. The van der Waals surface area contributed by atoms with E-state index in [0.29, 0.717) is 6.04 Å². The summed E-state index contributed by atoms with van der Waals surface area (Å²) in [5.74, 6) is 2.41. The van der Waals surface area contributed by atoms with Crippen LogP contribution in [0, 0.1) is 0 Å². The fourth-order valence-corrected chi connectivity index (χ4v) is 3.76. The number of hydrogen-bond donors (Lipinski definition) is 1. The number of rotatable bonds is 5. The van der Waals surface area contributed by atoms with Crippen LogP contribution in [0.2, 0.25) is 0 Å². The van der Waals surface area contributed by atoms with Gasteiger partial charge in [0.2, 0.25) is 0 Å². The van der Waals surface area contributed by atoms with Crippen molar-refractivity contribution in [3.8, 4) is 0 Å². The monoisotopic (exact) mass is 289 g/mol. The molecule has 1 aromatic rings. The standard InChI is InChI=1S/C16H27N5/c1-3-9-20(14(5-1)11-17-13-7-8-13)12-16-19-18-15-6-2-4-10-21(15)16/h13-14,17H,1-12H2. The molecular weight excluding hydrogens is 262 g/mol. The van der Waals surface area contributed by atoms with Gasteiger partial charge >= 0.3 is 0 Å². The van der Waals surface area contributed by atoms with Crippen molar-refractivity contribution < 1.29 is 0 Å². The van der Waals surface area contributed by atoms with E-state index in [-0.39, 0.29) is 0 Å². The summed E-state index contributed by atoms with van der Waals surface area (Å²) >= 11 is 0. The summed E-state index contributed by atoms with van der Waals surface area (Å²) in [5, 5.41) is 12.6. The molecule has 116 valence electrons. The van der Waals surface area contributed by atoms with E-state index in [1.54, 1.807) is 0 Å². The van der Waals surface area contributed by atoms with E-state index in [9.17, 15) is 0 Å². The molecule has 0 aromatic carbocycles. The highest BCUT2D eigenvalue weighted by atomic mass is 15.3. The van der Waals surface area contributed by atoms with E-state index in [0.717, 1.165) is 32.1 Å². The van der Waals surface area contributed by atoms with E-state index in [1.807, 2.05) is 0 Å². The first-order valence-electron chi connectivity index (χ1n) is 8.78. The summed E-state index contributed by atoms with van der Waals surface area (Å²) in [7, 11) is 0. The van der Waals surface area contributed by atoms with Gasteiger partial charge in [-0.2, -0.15) is 0 Å². The second-order valence-electron chi connectivity index (χ2n) is 6.94. The number of hydrogen-bond acceptors (Lipinski definition) is 4. The highest BCUT2D eigenvalue weighted by Crippen LogP contribution is 2.23. The molecule has 0 bridgehead atoms. The number of likely N-dealkylation sites (tertiary alicyclic amines) is 1. The fourth-order valence-electron chi connectivity index (χ4n) is 3.76. The van der Waals surface area contributed by atoms with Gasteiger partial charge in [0.05, 0.1) is 6.54 Å². The summed E-state index contributed by atoms with van der Waals surface area (Å²) in [6.45, 7) is 4.49. The topological polar surface area (TPSA) is 46.0 Å². The summed E-state index contributed by atoms with van der Waals surface area (Å²) < 4.78 is 2.38. The minimum atomic E-state index is 0.691. The van der Waals surface area contributed by atoms with Crippen molar-refractivity contribution in [2.24, 2.45) is 0 Å². The highest BCUT2D eigenvalue weighted by molar-refractivity contribution is 5.00. The second kappa shape index (κ2) is 6.05. The summed E-state index contributed by atoms with van der Waals surface area (Å²) in [6.07, 6.45) is 10.5. The minimum absolute atomic E-state index is 0.691. The van der Waals surface area contributed by atoms with Crippen molar-refractivity contribution in [3.63, 3.8) is 0 Å². The Morgan fingerprint density at radius 1 is 1.00 bits per heavy atom. The van der Waals surface area contributed by atoms with Crippen LogP contribution in [-0.2, 0) is 19.5 Å². The zero-order valence-corrected chi connectivity index (χ0v) is 12.9. The van der Waals surface area contributed by atoms with Gasteiger partial charge in [-0.1, -0.05) is 6.42 Å². The first-order chi connectivity index (χ1) is 10.4. The first-order valence-corrected chi connectivity index (χ1v) is 8.78. The SMILES string of the molecule is C1CCn2c(nnc2CN2CCCCC2CNC2CC2)C1. The van der Waals surface area contributed by atoms with Crippen molar-refractivity contribution in [2.75, 3.05) is 13.1 Å². The first kappa shape index (κ1) is 13.7. The molecule has 3 aliphatic rings. The summed E-state index contributed by atoms with van der Waals surface area (Å²) in [6, 6.07) is 1.51. The Balaban J connectivity index is 1.42. The molecule has 1 atom stereocenters. The van der Waals surface area contributed by atoms with Crippen molar-refractivity contribution in [3.05, 3.63) is 11.6 Å². The highest BCUT2D eigenvalue weighted by Gasteiger charge is 2.28. The van der Waals surface area contributed by atoms with Gasteiger partial charge in [-0.05, 0) is 45.1 Å². The van der Waals surface area contributed by atoms with Crippen LogP contribution >= 0.6 is 0 Å². The lowest BCUT2D eigenvalue weighted by Gasteiger charge is -2.35. The van der Waals surface area contributed by atoms with Crippen molar-refractivity contribution in [1.29, 1.82) is 0 Å². The molecule has 1 aliphatic carbocycles. The number of piperidine rings is 1. The molecule has 5 heteroatoms. The molecule has 1 saturated heterocycles. The molecular formula is C16H27N5. The normalized spacial score (nSPS) is 26.8. The Kier molecular flexibility index (Phi) is 3.95. The van der Waals surface area contributed by atoms with Crippen LogP contribution in [0.25, 0.3) is 0 Å². The number of fused-ring (bicyclic) bond motifs is 1. The smallest absolute Gasteiger partial charge is 0.147 e. The molecule has 1 unspecified atom stereocenters. The van der Waals surface area contributed by atoms with Crippen LogP contribution in [0.15, 0.2) is 0 Å². The van der Waals surface area contributed by atoms with Crippen LogP contribution in [-0.4, -0.2) is 44.8 Å². The molecule has 1 N–H and O–H groups in total. The summed E-state index contributed by atoms with van der Waals surface area (Å²) in [4.78, 5) is 2.64. The van der Waals surface area contributed by atoms with E-state index in [1.165, 1.54) is 63.1 Å². The van der Waals surface area contributed by atoms with Gasteiger partial charge < -0.3 is 9.88 Å². The lowest BCUT2D eigenvalue weighted by atomic mass is 10.0. The summed E-state index contributed by atoms with van der Waals surface area (Å²) in [5.41, 5.74) is 0. The number of nitrogens with one attached hydrogen (secondary N) is 1. The van der Waals surface area contributed by atoms with E-state index < -0.39 is 0 Å². The van der Waals surface area contributed by atoms with Crippen LogP contribution in [0.5, 0.6) is 0 Å². The predicted molar refractivity (Wildman–Crippen MR) is 82.0 cm³/mol. The van der Waals surface area contributed by atoms with E-state index >= 15 is 0 Å². The van der Waals surface area contributed by atoms with Gasteiger partial charge in [-0.3, -0.25) is 4.90 Å². The Morgan fingerprint density at radius 2 is 1.90 bits per heavy atom. The molecule has 2 aliphatic heterocycles. The third kappa shape index (κ3) is 3.14. The predicted octanol–water partition coefficient (Wildman–Crippen LogP) is 1.72. The molecule has 3 heterocycles. The minimum Gasteiger partial charge on any atom is -0.314 e. The van der Waals surface area contributed by atoms with Crippen molar-refractivity contribution in [1.82, 2.24) is 25.0 Å². The fraction of sp³-hybridized carbons (Fsp3) is 0.875. The van der Waals surface area contributed by atoms with Crippen molar-refractivity contribution >= 4 is 0 Å². The lowest BCUT2D eigenvalue weighted by molar-refractivity contribution is 0.131. The maximum Gasteiger partial charge on any atom is 0.147 e. The van der Waals surface area contributed by atoms with E-state index in [2.05, 4.69) is 25.0 Å². The van der Waals surface area contributed by atoms with Crippen molar-refractivity contribution in [2.45, 2.75) is 76.5 Å². The van der Waals surface area contributed by atoms with Gasteiger partial charge in [-0.25, -0.2) is 0 Å². The van der Waals surface area contributed by atoms with Crippen LogP contribution in [0.3, 0.4) is 0 Å². The molecule has 2 fully saturated rings. The van der Waals surface area contributed by atoms with E-state index in [4.69, 9.17) is 0 Å².